The molecular formula is C18H19ClN6OS. The molecule has 2 aromatic heterocycles. The summed E-state index contributed by atoms with van der Waals surface area (Å²) in [7, 11) is 0. The van der Waals surface area contributed by atoms with Crippen molar-refractivity contribution in [2.75, 3.05) is 36.5 Å². The van der Waals surface area contributed by atoms with Gasteiger partial charge in [0.1, 0.15) is 10.8 Å². The summed E-state index contributed by atoms with van der Waals surface area (Å²) < 4.78 is 5.40. The van der Waals surface area contributed by atoms with Crippen LogP contribution in [0.3, 0.4) is 0 Å². The Morgan fingerprint density at radius 2 is 1.93 bits per heavy atom. The molecule has 1 saturated heterocycles. The molecule has 1 N–H and O–H groups in total. The summed E-state index contributed by atoms with van der Waals surface area (Å²) in [6.45, 7) is 4.96. The first-order chi connectivity index (χ1) is 13.2. The van der Waals surface area contributed by atoms with Crippen LogP contribution in [-0.4, -0.2) is 46.5 Å². The molecule has 0 aliphatic carbocycles. The number of aryl methyl sites for hydroxylation is 1. The maximum atomic E-state index is 5.93. The lowest BCUT2D eigenvalue weighted by atomic mass is 10.2. The van der Waals surface area contributed by atoms with Crippen molar-refractivity contribution in [3.8, 4) is 0 Å². The van der Waals surface area contributed by atoms with Crippen molar-refractivity contribution >= 4 is 39.8 Å². The third-order valence-electron chi connectivity index (χ3n) is 4.11. The predicted molar refractivity (Wildman–Crippen MR) is 107 cm³/mol. The number of ether oxygens (including phenoxy) is 1. The lowest BCUT2D eigenvalue weighted by Crippen LogP contribution is -2.37. The molecule has 140 valence electrons. The Labute approximate surface area is 166 Å². The molecule has 27 heavy (non-hydrogen) atoms. The molecule has 0 spiro atoms. The first-order valence-corrected chi connectivity index (χ1v) is 9.87. The minimum atomic E-state index is 0.699. The number of benzene rings is 1. The molecule has 0 saturated carbocycles. The van der Waals surface area contributed by atoms with Gasteiger partial charge in [-0.05, 0) is 24.6 Å². The van der Waals surface area contributed by atoms with E-state index < -0.39 is 0 Å². The number of rotatable bonds is 5. The van der Waals surface area contributed by atoms with Crippen LogP contribution in [0.2, 0.25) is 5.02 Å². The van der Waals surface area contributed by atoms with Gasteiger partial charge in [0, 0.05) is 36.3 Å². The van der Waals surface area contributed by atoms with Crippen LogP contribution in [0.15, 0.2) is 30.3 Å². The van der Waals surface area contributed by atoms with Crippen molar-refractivity contribution in [2.45, 2.75) is 13.3 Å². The normalized spacial score (nSPS) is 14.4. The van der Waals surface area contributed by atoms with E-state index in [0.29, 0.717) is 24.3 Å². The van der Waals surface area contributed by atoms with Crippen molar-refractivity contribution in [1.29, 1.82) is 0 Å². The Morgan fingerprint density at radius 1 is 1.15 bits per heavy atom. The second-order valence-electron chi connectivity index (χ2n) is 6.22. The number of nitrogens with one attached hydrogen (secondary N) is 1. The van der Waals surface area contributed by atoms with E-state index in [4.69, 9.17) is 16.3 Å². The quantitative estimate of drug-likeness (QED) is 0.700. The third kappa shape index (κ3) is 4.71. The fraction of sp³-hybridized carbons (Fsp3) is 0.333. The van der Waals surface area contributed by atoms with Gasteiger partial charge in [0.25, 0.3) is 0 Å². The average molecular weight is 403 g/mol. The van der Waals surface area contributed by atoms with Gasteiger partial charge in [-0.25, -0.2) is 4.98 Å². The largest absolute Gasteiger partial charge is 0.378 e. The van der Waals surface area contributed by atoms with Gasteiger partial charge < -0.3 is 15.0 Å². The van der Waals surface area contributed by atoms with Crippen LogP contribution in [0.5, 0.6) is 0 Å². The van der Waals surface area contributed by atoms with Crippen LogP contribution in [0, 0.1) is 6.92 Å². The SMILES string of the molecule is Cc1cc(Nc2nnc(Cc3ccc(Cl)cc3)s2)nc(N2CCOCC2)n1. The zero-order chi connectivity index (χ0) is 18.6. The highest BCUT2D eigenvalue weighted by molar-refractivity contribution is 7.15. The molecule has 3 heterocycles. The van der Waals surface area contributed by atoms with E-state index in [2.05, 4.69) is 30.4 Å². The number of hydrogen-bond donors (Lipinski definition) is 1. The van der Waals surface area contributed by atoms with E-state index in [0.717, 1.165) is 46.6 Å². The van der Waals surface area contributed by atoms with Crippen LogP contribution in [0.1, 0.15) is 16.3 Å². The minimum absolute atomic E-state index is 0.699. The molecule has 1 aromatic carbocycles. The summed E-state index contributed by atoms with van der Waals surface area (Å²) in [5.74, 6) is 1.44. The first kappa shape index (κ1) is 18.1. The van der Waals surface area contributed by atoms with Gasteiger partial charge in [-0.2, -0.15) is 4.98 Å². The summed E-state index contributed by atoms with van der Waals surface area (Å²) in [6.07, 6.45) is 0.721. The minimum Gasteiger partial charge on any atom is -0.378 e. The number of anilines is 3. The van der Waals surface area contributed by atoms with Gasteiger partial charge in [0.05, 0.1) is 13.2 Å². The zero-order valence-corrected chi connectivity index (χ0v) is 16.4. The highest BCUT2D eigenvalue weighted by Gasteiger charge is 2.15. The summed E-state index contributed by atoms with van der Waals surface area (Å²) >= 11 is 7.45. The van der Waals surface area contributed by atoms with Gasteiger partial charge >= 0.3 is 0 Å². The second-order valence-corrected chi connectivity index (χ2v) is 7.72. The predicted octanol–water partition coefficient (Wildman–Crippen LogP) is 3.46. The van der Waals surface area contributed by atoms with E-state index >= 15 is 0 Å². The fourth-order valence-electron chi connectivity index (χ4n) is 2.78. The highest BCUT2D eigenvalue weighted by Crippen LogP contribution is 2.24. The first-order valence-electron chi connectivity index (χ1n) is 8.68. The molecule has 1 fully saturated rings. The number of hydrogen-bond acceptors (Lipinski definition) is 8. The van der Waals surface area contributed by atoms with Gasteiger partial charge in [-0.1, -0.05) is 35.1 Å². The van der Waals surface area contributed by atoms with Gasteiger partial charge in [-0.3, -0.25) is 0 Å². The Balaban J connectivity index is 1.46. The van der Waals surface area contributed by atoms with Crippen LogP contribution in [0.25, 0.3) is 0 Å². The Kier molecular flexibility index (Phi) is 5.47. The third-order valence-corrected chi connectivity index (χ3v) is 5.20. The molecule has 3 aromatic rings. The van der Waals surface area contributed by atoms with Gasteiger partial charge in [0.2, 0.25) is 11.1 Å². The molecule has 0 amide bonds. The molecule has 0 atom stereocenters. The maximum Gasteiger partial charge on any atom is 0.227 e. The van der Waals surface area contributed by atoms with E-state index in [9.17, 15) is 0 Å². The van der Waals surface area contributed by atoms with Crippen molar-refractivity contribution < 1.29 is 4.74 Å². The van der Waals surface area contributed by atoms with Crippen LogP contribution in [-0.2, 0) is 11.2 Å². The highest BCUT2D eigenvalue weighted by atomic mass is 35.5. The monoisotopic (exact) mass is 402 g/mol. The van der Waals surface area contributed by atoms with Crippen LogP contribution in [0.4, 0.5) is 16.9 Å². The molecular weight excluding hydrogens is 384 g/mol. The topological polar surface area (TPSA) is 76.1 Å². The van der Waals surface area contributed by atoms with E-state index in [1.165, 1.54) is 11.3 Å². The van der Waals surface area contributed by atoms with Crippen molar-refractivity contribution in [3.63, 3.8) is 0 Å². The van der Waals surface area contributed by atoms with Crippen molar-refractivity contribution in [1.82, 2.24) is 20.2 Å². The van der Waals surface area contributed by atoms with Gasteiger partial charge in [0.15, 0.2) is 0 Å². The Hall–Kier alpha value is -2.29. The Bertz CT molecular complexity index is 910. The molecule has 0 radical (unpaired) electrons. The smallest absolute Gasteiger partial charge is 0.227 e. The summed E-state index contributed by atoms with van der Waals surface area (Å²) in [5.41, 5.74) is 2.05. The van der Waals surface area contributed by atoms with E-state index in [1.807, 2.05) is 37.3 Å². The molecule has 4 rings (SSSR count). The standard InChI is InChI=1S/C18H19ClN6OS/c1-12-10-15(21-17(20-12)25-6-8-26-9-7-25)22-18-24-23-16(27-18)11-13-2-4-14(19)5-3-13/h2-5,10H,6-9,11H2,1H3,(H,20,21,22,24). The van der Waals surface area contributed by atoms with E-state index in [1.54, 1.807) is 0 Å². The molecule has 0 bridgehead atoms. The average Bonchev–Trinajstić information content (AvgIpc) is 3.10. The molecule has 1 aliphatic heterocycles. The number of aromatic nitrogens is 4. The zero-order valence-electron chi connectivity index (χ0n) is 14.9. The summed E-state index contributed by atoms with van der Waals surface area (Å²) in [6, 6.07) is 9.67. The molecule has 1 aliphatic rings. The Morgan fingerprint density at radius 3 is 2.70 bits per heavy atom. The van der Waals surface area contributed by atoms with Crippen LogP contribution < -0.4 is 10.2 Å². The fourth-order valence-corrected chi connectivity index (χ4v) is 3.69. The summed E-state index contributed by atoms with van der Waals surface area (Å²) in [5, 5.41) is 14.1. The number of morpholine rings is 1. The number of halogens is 1. The molecule has 7 nitrogen and oxygen atoms in total. The van der Waals surface area contributed by atoms with Gasteiger partial charge in [-0.15, -0.1) is 10.2 Å². The molecule has 0 unspecified atom stereocenters. The maximum absolute atomic E-state index is 5.93. The number of nitrogens with zero attached hydrogens (tertiary/aromatic N) is 5. The lowest BCUT2D eigenvalue weighted by Gasteiger charge is -2.27. The lowest BCUT2D eigenvalue weighted by molar-refractivity contribution is 0.122. The van der Waals surface area contributed by atoms with Crippen molar-refractivity contribution in [2.24, 2.45) is 0 Å². The second kappa shape index (κ2) is 8.16. The molecule has 9 heteroatoms. The van der Waals surface area contributed by atoms with Crippen molar-refractivity contribution in [3.05, 3.63) is 51.6 Å². The van der Waals surface area contributed by atoms with E-state index in [-0.39, 0.29) is 0 Å². The van der Waals surface area contributed by atoms with Crippen LogP contribution >= 0.6 is 22.9 Å². The summed E-state index contributed by atoms with van der Waals surface area (Å²) in [4.78, 5) is 11.3.